The molecule has 0 saturated carbocycles. The number of benzene rings is 2. The number of nitrogens with zero attached hydrogens (tertiary/aromatic N) is 1. The maximum absolute atomic E-state index is 12.9. The first-order valence-electron chi connectivity index (χ1n) is 6.96. The van der Waals surface area contributed by atoms with Crippen molar-refractivity contribution in [2.24, 2.45) is 0 Å². The summed E-state index contributed by atoms with van der Waals surface area (Å²) in [7, 11) is 0. The fraction of sp³-hybridized carbons (Fsp3) is 0.118. The summed E-state index contributed by atoms with van der Waals surface area (Å²) in [4.78, 5) is 4.55. The Kier molecular flexibility index (Phi) is 4.34. The van der Waals surface area contributed by atoms with Crippen molar-refractivity contribution in [3.05, 3.63) is 59.7 Å². The van der Waals surface area contributed by atoms with Crippen LogP contribution in [0, 0.1) is 5.82 Å². The van der Waals surface area contributed by atoms with E-state index in [1.54, 1.807) is 12.1 Å². The highest BCUT2D eigenvalue weighted by atomic mass is 32.1. The van der Waals surface area contributed by atoms with Gasteiger partial charge in [-0.2, -0.15) is 0 Å². The average Bonchev–Trinajstić information content (AvgIpc) is 2.99. The van der Waals surface area contributed by atoms with Gasteiger partial charge in [-0.05, 0) is 55.5 Å². The van der Waals surface area contributed by atoms with Crippen LogP contribution in [-0.2, 0) is 0 Å². The van der Waals surface area contributed by atoms with E-state index in [0.29, 0.717) is 6.61 Å². The molecule has 3 nitrogen and oxygen atoms in total. The van der Waals surface area contributed by atoms with E-state index in [0.717, 1.165) is 27.8 Å². The molecule has 0 radical (unpaired) electrons. The van der Waals surface area contributed by atoms with E-state index < -0.39 is 0 Å². The van der Waals surface area contributed by atoms with Crippen LogP contribution in [0.25, 0.3) is 11.3 Å². The number of hydrogen-bond donors (Lipinski definition) is 1. The summed E-state index contributed by atoms with van der Waals surface area (Å²) < 4.78 is 18.3. The number of ether oxygens (including phenoxy) is 1. The van der Waals surface area contributed by atoms with Crippen molar-refractivity contribution in [1.29, 1.82) is 0 Å². The van der Waals surface area contributed by atoms with Crippen LogP contribution in [0.15, 0.2) is 53.9 Å². The summed E-state index contributed by atoms with van der Waals surface area (Å²) in [5, 5.41) is 5.93. The molecule has 0 unspecified atom stereocenters. The summed E-state index contributed by atoms with van der Waals surface area (Å²) in [6.45, 7) is 2.61. The average molecular weight is 314 g/mol. The number of nitrogens with one attached hydrogen (secondary N) is 1. The number of hydrogen-bond acceptors (Lipinski definition) is 4. The minimum atomic E-state index is -0.250. The maximum atomic E-state index is 12.9. The second kappa shape index (κ2) is 6.58. The van der Waals surface area contributed by atoms with E-state index in [1.807, 2.05) is 36.6 Å². The first-order valence-corrected chi connectivity index (χ1v) is 7.84. The van der Waals surface area contributed by atoms with Crippen LogP contribution in [0.1, 0.15) is 6.92 Å². The van der Waals surface area contributed by atoms with E-state index in [9.17, 15) is 4.39 Å². The lowest BCUT2D eigenvalue weighted by Crippen LogP contribution is -1.91. The van der Waals surface area contributed by atoms with Gasteiger partial charge in [0.1, 0.15) is 11.6 Å². The fourth-order valence-electron chi connectivity index (χ4n) is 2.01. The zero-order valence-corrected chi connectivity index (χ0v) is 12.9. The first kappa shape index (κ1) is 14.5. The number of thiazole rings is 1. The van der Waals surface area contributed by atoms with Crippen molar-refractivity contribution >= 4 is 22.2 Å². The van der Waals surface area contributed by atoms with Crippen LogP contribution in [-0.4, -0.2) is 11.6 Å². The topological polar surface area (TPSA) is 34.1 Å². The number of halogens is 1. The Labute approximate surface area is 132 Å². The molecule has 3 rings (SSSR count). The molecule has 0 aliphatic carbocycles. The molecule has 0 fully saturated rings. The molecule has 5 heteroatoms. The molecule has 2 aromatic carbocycles. The summed E-state index contributed by atoms with van der Waals surface area (Å²) in [5.74, 6) is 0.603. The van der Waals surface area contributed by atoms with Gasteiger partial charge in [-0.15, -0.1) is 11.3 Å². The molecule has 112 valence electrons. The third-order valence-corrected chi connectivity index (χ3v) is 3.82. The monoisotopic (exact) mass is 314 g/mol. The highest BCUT2D eigenvalue weighted by Gasteiger charge is 2.05. The van der Waals surface area contributed by atoms with Crippen molar-refractivity contribution in [1.82, 2.24) is 4.98 Å². The van der Waals surface area contributed by atoms with E-state index in [2.05, 4.69) is 10.3 Å². The minimum absolute atomic E-state index is 0.250. The highest BCUT2D eigenvalue weighted by Crippen LogP contribution is 2.28. The van der Waals surface area contributed by atoms with Crippen LogP contribution in [0.2, 0.25) is 0 Å². The molecule has 0 spiro atoms. The van der Waals surface area contributed by atoms with Crippen LogP contribution in [0.4, 0.5) is 15.2 Å². The summed E-state index contributed by atoms with van der Waals surface area (Å²) in [5.41, 5.74) is 2.75. The van der Waals surface area contributed by atoms with Gasteiger partial charge in [-0.3, -0.25) is 0 Å². The van der Waals surface area contributed by atoms with Gasteiger partial charge < -0.3 is 10.1 Å². The number of aromatic nitrogens is 1. The lowest BCUT2D eigenvalue weighted by Gasteiger charge is -2.03. The van der Waals surface area contributed by atoms with Gasteiger partial charge in [-0.1, -0.05) is 0 Å². The van der Waals surface area contributed by atoms with Crippen molar-refractivity contribution in [3.8, 4) is 17.0 Å². The molecule has 3 aromatic rings. The molecule has 0 atom stereocenters. The summed E-state index contributed by atoms with van der Waals surface area (Å²) >= 11 is 1.51. The third kappa shape index (κ3) is 3.43. The van der Waals surface area contributed by atoms with Crippen molar-refractivity contribution < 1.29 is 9.13 Å². The molecular formula is C17H15FN2OS. The van der Waals surface area contributed by atoms with Gasteiger partial charge in [-0.25, -0.2) is 9.37 Å². The van der Waals surface area contributed by atoms with Gasteiger partial charge in [0.2, 0.25) is 0 Å². The van der Waals surface area contributed by atoms with Gasteiger partial charge in [0.05, 0.1) is 12.3 Å². The zero-order valence-electron chi connectivity index (χ0n) is 12.0. The quantitative estimate of drug-likeness (QED) is 0.712. The Hall–Kier alpha value is -2.40. The number of rotatable bonds is 5. The molecule has 0 saturated heterocycles. The molecular weight excluding hydrogens is 299 g/mol. The normalized spacial score (nSPS) is 10.5. The minimum Gasteiger partial charge on any atom is -0.494 e. The standard InChI is InChI=1S/C17H15FN2OS/c1-2-21-15-9-3-12(4-10-15)16-11-22-17(20-16)19-14-7-5-13(18)6-8-14/h3-11H,2H2,1H3,(H,19,20). The lowest BCUT2D eigenvalue weighted by atomic mass is 10.2. The Bertz CT molecular complexity index is 738. The lowest BCUT2D eigenvalue weighted by molar-refractivity contribution is 0.340. The van der Waals surface area contributed by atoms with Crippen LogP contribution in [0.3, 0.4) is 0 Å². The Balaban J connectivity index is 1.74. The van der Waals surface area contributed by atoms with Gasteiger partial charge in [0.15, 0.2) is 5.13 Å². The van der Waals surface area contributed by atoms with Crippen LogP contribution < -0.4 is 10.1 Å². The SMILES string of the molecule is CCOc1ccc(-c2csc(Nc3ccc(F)cc3)n2)cc1. The smallest absolute Gasteiger partial charge is 0.187 e. The molecule has 0 amide bonds. The van der Waals surface area contributed by atoms with Crippen molar-refractivity contribution in [2.75, 3.05) is 11.9 Å². The zero-order chi connectivity index (χ0) is 15.4. The van der Waals surface area contributed by atoms with Crippen LogP contribution in [0.5, 0.6) is 5.75 Å². The van der Waals surface area contributed by atoms with Gasteiger partial charge in [0.25, 0.3) is 0 Å². The first-order chi connectivity index (χ1) is 10.7. The molecule has 0 aliphatic rings. The molecule has 0 bridgehead atoms. The Morgan fingerprint density at radius 2 is 1.82 bits per heavy atom. The molecule has 22 heavy (non-hydrogen) atoms. The van der Waals surface area contributed by atoms with E-state index in [4.69, 9.17) is 4.74 Å². The predicted molar refractivity (Wildman–Crippen MR) is 88.4 cm³/mol. The van der Waals surface area contributed by atoms with E-state index >= 15 is 0 Å². The molecule has 1 aromatic heterocycles. The largest absolute Gasteiger partial charge is 0.494 e. The van der Waals surface area contributed by atoms with Gasteiger partial charge >= 0.3 is 0 Å². The fourth-order valence-corrected chi connectivity index (χ4v) is 2.75. The van der Waals surface area contributed by atoms with Crippen molar-refractivity contribution in [2.45, 2.75) is 6.92 Å². The summed E-state index contributed by atoms with van der Waals surface area (Å²) in [6, 6.07) is 14.1. The highest BCUT2D eigenvalue weighted by molar-refractivity contribution is 7.14. The second-order valence-corrected chi connectivity index (χ2v) is 5.49. The predicted octanol–water partition coefficient (Wildman–Crippen LogP) is 5.09. The molecule has 0 aliphatic heterocycles. The summed E-state index contributed by atoms with van der Waals surface area (Å²) in [6.07, 6.45) is 0. The van der Waals surface area contributed by atoms with E-state index in [1.165, 1.54) is 23.5 Å². The van der Waals surface area contributed by atoms with E-state index in [-0.39, 0.29) is 5.82 Å². The van der Waals surface area contributed by atoms with Crippen molar-refractivity contribution in [3.63, 3.8) is 0 Å². The Morgan fingerprint density at radius 3 is 2.50 bits per heavy atom. The van der Waals surface area contributed by atoms with Gasteiger partial charge in [0, 0.05) is 16.6 Å². The maximum Gasteiger partial charge on any atom is 0.187 e. The van der Waals surface area contributed by atoms with Crippen LogP contribution >= 0.6 is 11.3 Å². The Morgan fingerprint density at radius 1 is 1.09 bits per heavy atom. The third-order valence-electron chi connectivity index (χ3n) is 3.06. The second-order valence-electron chi connectivity index (χ2n) is 4.63. The molecule has 1 N–H and O–H groups in total. The number of anilines is 2. The molecule has 1 heterocycles.